The molecule has 0 saturated carbocycles. The maximum atomic E-state index is 6.49. The Labute approximate surface area is 312 Å². The third-order valence-corrected chi connectivity index (χ3v) is 12.2. The summed E-state index contributed by atoms with van der Waals surface area (Å²) in [4.78, 5) is 2.82. The van der Waals surface area contributed by atoms with Gasteiger partial charge in [-0.15, -0.1) is 0 Å². The predicted molar refractivity (Wildman–Crippen MR) is 214 cm³/mol. The van der Waals surface area contributed by atoms with E-state index in [1.165, 1.54) is 53.6 Å². The number of quaternary nitrogens is 2. The van der Waals surface area contributed by atoms with E-state index in [-0.39, 0.29) is 36.6 Å². The summed E-state index contributed by atoms with van der Waals surface area (Å²) in [7, 11) is 3.85. The van der Waals surface area contributed by atoms with E-state index in [1.807, 2.05) is 0 Å². The molecule has 3 aliphatic rings. The largest absolute Gasteiger partial charge is 0.580 e. The van der Waals surface area contributed by atoms with Crippen molar-refractivity contribution in [1.82, 2.24) is 0 Å². The first-order valence-electron chi connectivity index (χ1n) is 19.0. The highest BCUT2D eigenvalue weighted by Gasteiger charge is 2.49. The van der Waals surface area contributed by atoms with E-state index < -0.39 is 0 Å². The van der Waals surface area contributed by atoms with Crippen LogP contribution >= 0.6 is 0 Å². The minimum atomic E-state index is -0.379. The Kier molecular flexibility index (Phi) is 9.73. The molecule has 52 heavy (non-hydrogen) atoms. The van der Waals surface area contributed by atoms with Gasteiger partial charge < -0.3 is 28.4 Å². The van der Waals surface area contributed by atoms with Gasteiger partial charge in [0, 0.05) is 39.3 Å². The fourth-order valence-electron chi connectivity index (χ4n) is 7.86. The number of benzene rings is 4. The monoisotopic (exact) mass is 698 g/mol. The van der Waals surface area contributed by atoms with Crippen molar-refractivity contribution in [3.63, 3.8) is 0 Å². The van der Waals surface area contributed by atoms with E-state index in [2.05, 4.69) is 167 Å². The van der Waals surface area contributed by atoms with Crippen molar-refractivity contribution in [2.24, 2.45) is 0 Å². The Morgan fingerprint density at radius 3 is 1.54 bits per heavy atom. The third-order valence-electron chi connectivity index (χ3n) is 12.2. The van der Waals surface area contributed by atoms with Gasteiger partial charge in [0.1, 0.15) is 31.7 Å². The van der Waals surface area contributed by atoms with Crippen LogP contribution in [0.2, 0.25) is 0 Å². The third kappa shape index (κ3) is 6.86. The molecule has 270 valence electrons. The summed E-state index contributed by atoms with van der Waals surface area (Å²) in [5, 5.41) is 5.33. The number of rotatable bonds is 10. The van der Waals surface area contributed by atoms with Crippen molar-refractivity contribution in [3.05, 3.63) is 126 Å². The maximum absolute atomic E-state index is 6.49. The molecule has 2 N–H and O–H groups in total. The lowest BCUT2D eigenvalue weighted by atomic mass is 9.65. The molecule has 6 nitrogen and oxygen atoms in total. The number of nitrogens with one attached hydrogen (secondary N) is 2. The van der Waals surface area contributed by atoms with Crippen LogP contribution in [-0.4, -0.2) is 57.3 Å². The van der Waals surface area contributed by atoms with Crippen LogP contribution in [0.1, 0.15) is 72.1 Å². The molecule has 2 aliphatic heterocycles. The first-order valence-corrected chi connectivity index (χ1v) is 19.0. The summed E-state index contributed by atoms with van der Waals surface area (Å²) in [6.45, 7) is 20.4. The summed E-state index contributed by atoms with van der Waals surface area (Å²) >= 11 is 0. The lowest BCUT2D eigenvalue weighted by Crippen LogP contribution is -3.07. The minimum Gasteiger partial charge on any atom is -0.580 e. The molecule has 2 radical (unpaired) electrons. The number of fused-ring (bicyclic) bond motifs is 2. The average molecular weight is 699 g/mol. The predicted octanol–water partition coefficient (Wildman–Crippen LogP) is 5.43. The molecule has 0 aromatic heterocycles. The van der Waals surface area contributed by atoms with Gasteiger partial charge in [-0.3, -0.25) is 0 Å². The fraction of sp³-hybridized carbons (Fsp3) is 0.409. The Balaban J connectivity index is 1.14. The van der Waals surface area contributed by atoms with Crippen LogP contribution in [-0.2, 0) is 38.3 Å². The van der Waals surface area contributed by atoms with Gasteiger partial charge in [-0.05, 0) is 82.5 Å². The summed E-state index contributed by atoms with van der Waals surface area (Å²) in [6, 6.07) is 26.6. The molecule has 4 aromatic carbocycles. The van der Waals surface area contributed by atoms with Crippen LogP contribution in [0.3, 0.4) is 0 Å². The lowest BCUT2D eigenvalue weighted by Gasteiger charge is -2.37. The van der Waals surface area contributed by atoms with Crippen LogP contribution in [0, 0.1) is 12.2 Å². The summed E-state index contributed by atoms with van der Waals surface area (Å²) < 4.78 is 26.0. The average Bonchev–Trinajstić information content (AvgIpc) is 3.45. The van der Waals surface area contributed by atoms with Gasteiger partial charge in [-0.2, -0.15) is 5.46 Å². The van der Waals surface area contributed by atoms with Crippen molar-refractivity contribution in [1.29, 1.82) is 0 Å². The highest BCUT2D eigenvalue weighted by atomic mass is 16.7. The van der Waals surface area contributed by atoms with Crippen molar-refractivity contribution < 1.29 is 28.4 Å². The van der Waals surface area contributed by atoms with E-state index >= 15 is 0 Å². The van der Waals surface area contributed by atoms with Crippen molar-refractivity contribution in [2.75, 3.05) is 20.6 Å². The number of hydrogen-bond donors (Lipinski definition) is 2. The van der Waals surface area contributed by atoms with E-state index in [0.717, 1.165) is 37.5 Å². The van der Waals surface area contributed by atoms with Gasteiger partial charge in [-0.25, -0.2) is 0 Å². The van der Waals surface area contributed by atoms with E-state index in [0.29, 0.717) is 0 Å². The van der Waals surface area contributed by atoms with E-state index in [4.69, 9.17) is 18.6 Å². The molecular weight excluding hydrogens is 642 g/mol. The Hall–Kier alpha value is -3.49. The van der Waals surface area contributed by atoms with E-state index in [1.54, 1.807) is 0 Å². The highest BCUT2D eigenvalue weighted by molar-refractivity contribution is 6.62. The molecule has 1 aliphatic carbocycles. The zero-order valence-corrected chi connectivity index (χ0v) is 32.9. The standard InChI is InChI=1S/C44H54B2N2O4/c1-41(2)42(3,4)50-45(49-41)39-25-17-11-19-31(39)27-47(9)29-37-33-21-13-15-23-35(33)38(36-24-16-14-22-34(36)37)30-48(10)28-32-20-12-18-26-40(32)46-51-43(5,6)44(7,8)52-46/h11-26H,27-30H2,1-10H3/p+2. The first-order chi connectivity index (χ1) is 24.6. The van der Waals surface area contributed by atoms with Crippen molar-refractivity contribution in [3.8, 4) is 0 Å². The molecular formula is C44H56B2N2O4+2. The smallest absolute Gasteiger partial charge is 0.290 e. The van der Waals surface area contributed by atoms with Gasteiger partial charge in [0.25, 0.3) is 7.12 Å². The van der Waals surface area contributed by atoms with Crippen LogP contribution in [0.4, 0.5) is 0 Å². The molecule has 2 heterocycles. The number of allylic oxidation sites excluding steroid dienone is 3. The fourth-order valence-corrected chi connectivity index (χ4v) is 7.86. The zero-order valence-electron chi connectivity index (χ0n) is 32.9. The normalized spacial score (nSPS) is 22.1. The summed E-state index contributed by atoms with van der Waals surface area (Å²) in [5.41, 5.74) is 4.91. The second-order valence-corrected chi connectivity index (χ2v) is 17.2. The van der Waals surface area contributed by atoms with Crippen molar-refractivity contribution >= 4 is 41.2 Å². The first kappa shape index (κ1) is 36.9. The van der Waals surface area contributed by atoms with Gasteiger partial charge in [0.2, 0.25) is 0 Å². The Morgan fingerprint density at radius 2 is 1.02 bits per heavy atom. The van der Waals surface area contributed by atoms with Gasteiger partial charge in [-0.1, -0.05) is 72.8 Å². The number of likely N-dealkylation sites (N-methyl/N-ethyl adjacent to an activating group) is 1. The highest BCUT2D eigenvalue weighted by Crippen LogP contribution is 2.42. The summed E-state index contributed by atoms with van der Waals surface area (Å²) in [6.07, 6.45) is 8.61. The van der Waals surface area contributed by atoms with Crippen LogP contribution in [0.5, 0.6) is 0 Å². The maximum Gasteiger partial charge on any atom is 0.290 e. The van der Waals surface area contributed by atoms with Gasteiger partial charge >= 0.3 is 0 Å². The molecule has 8 heteroatoms. The van der Waals surface area contributed by atoms with E-state index in [9.17, 15) is 0 Å². The molecule has 0 amide bonds. The lowest BCUT2D eigenvalue weighted by molar-refractivity contribution is -0.907. The SMILES string of the molecule is C[NH+](CC1=C[CH+]C=C[C+]1[B-]1OC(C)(C)C(C)(C)O1)Cc1c2ccccc2c(C[NH+](C)Cc2ccccc2[B-]2OC(C)(C)C(C)(C)O2)c2ccccc12. The zero-order chi connectivity index (χ0) is 37.1. The second-order valence-electron chi connectivity index (χ2n) is 17.2. The molecule has 0 bridgehead atoms. The topological polar surface area (TPSA) is 45.8 Å². The minimum absolute atomic E-state index is 0.377. The van der Waals surface area contributed by atoms with Crippen molar-refractivity contribution in [2.45, 2.75) is 97.4 Å². The Bertz CT molecular complexity index is 1930. The summed E-state index contributed by atoms with van der Waals surface area (Å²) in [5.74, 6) is 1.12. The molecule has 4 aromatic rings. The number of hydrogen-bond acceptors (Lipinski definition) is 4. The van der Waals surface area contributed by atoms with Gasteiger partial charge in [0.05, 0.1) is 20.6 Å². The second kappa shape index (κ2) is 13.7. The molecule has 2 atom stereocenters. The molecule has 2 unspecified atom stereocenters. The van der Waals surface area contributed by atoms with Crippen LogP contribution in [0.15, 0.2) is 96.6 Å². The molecule has 2 saturated heterocycles. The van der Waals surface area contributed by atoms with Crippen LogP contribution in [0.25, 0.3) is 21.5 Å². The Morgan fingerprint density at radius 1 is 0.577 bits per heavy atom. The molecule has 2 fully saturated rings. The van der Waals surface area contributed by atoms with Gasteiger partial charge in [0.15, 0.2) is 25.3 Å². The molecule has 7 rings (SSSR count). The van der Waals surface area contributed by atoms with Crippen LogP contribution < -0.4 is 15.3 Å². The quantitative estimate of drug-likeness (QED) is 0.132. The molecule has 0 spiro atoms.